The number of hydrogen-bond donors (Lipinski definition) is 1. The molecule has 20 heavy (non-hydrogen) atoms. The molecular formula is C14H13N5O. The van der Waals surface area contributed by atoms with Crippen molar-refractivity contribution >= 4 is 5.69 Å². The van der Waals surface area contributed by atoms with Gasteiger partial charge in [0.1, 0.15) is 24.2 Å². The first-order chi connectivity index (χ1) is 9.55. The van der Waals surface area contributed by atoms with E-state index in [-0.39, 0.29) is 17.5 Å². The molecule has 0 radical (unpaired) electrons. The minimum atomic E-state index is 0.0116. The van der Waals surface area contributed by atoms with Crippen LogP contribution in [0, 0.1) is 22.7 Å². The number of benzene rings is 1. The smallest absolute Gasteiger partial charge is 0.177 e. The first-order valence-corrected chi connectivity index (χ1v) is 6.00. The van der Waals surface area contributed by atoms with E-state index in [4.69, 9.17) is 21.0 Å². The van der Waals surface area contributed by atoms with Gasteiger partial charge in [-0.3, -0.25) is 4.57 Å². The number of ether oxygens (including phenoxy) is 1. The summed E-state index contributed by atoms with van der Waals surface area (Å²) in [5.74, 6) is 0.603. The summed E-state index contributed by atoms with van der Waals surface area (Å²) in [5, 5.41) is 18.1. The zero-order valence-electron chi connectivity index (χ0n) is 11.2. The minimum absolute atomic E-state index is 0.0116. The predicted molar refractivity (Wildman–Crippen MR) is 73.2 cm³/mol. The number of nitriles is 2. The number of anilines is 1. The second-order valence-electron chi connectivity index (χ2n) is 4.46. The van der Waals surface area contributed by atoms with Crippen LogP contribution in [0.4, 0.5) is 5.69 Å². The Labute approximate surface area is 116 Å². The Morgan fingerprint density at radius 3 is 2.60 bits per heavy atom. The summed E-state index contributed by atoms with van der Waals surface area (Å²) in [6.45, 7) is 3.82. The largest absolute Gasteiger partial charge is 0.491 e. The molecule has 100 valence electrons. The molecule has 2 N–H and O–H groups in total. The molecule has 0 fully saturated rings. The van der Waals surface area contributed by atoms with Crippen LogP contribution < -0.4 is 10.5 Å². The zero-order chi connectivity index (χ0) is 14.7. The van der Waals surface area contributed by atoms with Crippen LogP contribution in [-0.2, 0) is 0 Å². The molecule has 0 amide bonds. The molecule has 2 rings (SSSR count). The Morgan fingerprint density at radius 2 is 2.00 bits per heavy atom. The third-order valence-corrected chi connectivity index (χ3v) is 2.54. The maximum atomic E-state index is 9.14. The topological polar surface area (TPSA) is 101 Å². The van der Waals surface area contributed by atoms with Gasteiger partial charge in [0.05, 0.1) is 11.8 Å². The van der Waals surface area contributed by atoms with E-state index in [0.29, 0.717) is 17.1 Å². The summed E-state index contributed by atoms with van der Waals surface area (Å²) in [4.78, 5) is 3.90. The van der Waals surface area contributed by atoms with Gasteiger partial charge >= 0.3 is 0 Å². The van der Waals surface area contributed by atoms with Crippen molar-refractivity contribution in [2.45, 2.75) is 20.0 Å². The molecular weight excluding hydrogens is 254 g/mol. The first kappa shape index (κ1) is 13.4. The van der Waals surface area contributed by atoms with E-state index >= 15 is 0 Å². The van der Waals surface area contributed by atoms with Crippen molar-refractivity contribution in [1.82, 2.24) is 9.55 Å². The number of nitrogens with two attached hydrogens (primary N) is 1. The van der Waals surface area contributed by atoms with Crippen LogP contribution in [0.25, 0.3) is 5.69 Å². The summed E-state index contributed by atoms with van der Waals surface area (Å²) in [7, 11) is 0. The average Bonchev–Trinajstić information content (AvgIpc) is 2.79. The Balaban J connectivity index is 2.54. The number of hydrogen-bond acceptors (Lipinski definition) is 5. The van der Waals surface area contributed by atoms with Crippen molar-refractivity contribution in [2.24, 2.45) is 0 Å². The van der Waals surface area contributed by atoms with Crippen LogP contribution in [0.5, 0.6) is 5.75 Å². The lowest BCUT2D eigenvalue weighted by Gasteiger charge is -2.12. The van der Waals surface area contributed by atoms with Crippen LogP contribution in [0.15, 0.2) is 24.5 Å². The molecule has 0 aliphatic heterocycles. The van der Waals surface area contributed by atoms with E-state index in [1.54, 1.807) is 18.2 Å². The number of nitrogens with zero attached hydrogens (tertiary/aromatic N) is 4. The summed E-state index contributed by atoms with van der Waals surface area (Å²) >= 11 is 0. The SMILES string of the molecule is CC(C)Oc1cc(N)cc(-n2cnc(C#N)c2C#N)c1. The maximum absolute atomic E-state index is 9.14. The number of imidazole rings is 1. The molecule has 6 nitrogen and oxygen atoms in total. The number of aromatic nitrogens is 2. The van der Waals surface area contributed by atoms with Gasteiger partial charge in [-0.2, -0.15) is 10.5 Å². The van der Waals surface area contributed by atoms with E-state index in [9.17, 15) is 0 Å². The average molecular weight is 267 g/mol. The lowest BCUT2D eigenvalue weighted by Crippen LogP contribution is -2.07. The molecule has 0 aliphatic rings. The molecule has 0 bridgehead atoms. The third-order valence-electron chi connectivity index (χ3n) is 2.54. The molecule has 0 saturated carbocycles. The zero-order valence-corrected chi connectivity index (χ0v) is 11.2. The van der Waals surface area contributed by atoms with Crippen molar-refractivity contribution in [3.63, 3.8) is 0 Å². The quantitative estimate of drug-likeness (QED) is 0.857. The van der Waals surface area contributed by atoms with Crippen LogP contribution in [-0.4, -0.2) is 15.7 Å². The van der Waals surface area contributed by atoms with E-state index in [2.05, 4.69) is 4.98 Å². The third kappa shape index (κ3) is 2.55. The fraction of sp³-hybridized carbons (Fsp3) is 0.214. The summed E-state index contributed by atoms with van der Waals surface area (Å²) in [6, 6.07) is 9.00. The second-order valence-corrected chi connectivity index (χ2v) is 4.46. The molecule has 0 spiro atoms. The molecule has 0 saturated heterocycles. The van der Waals surface area contributed by atoms with Gasteiger partial charge in [-0.05, 0) is 19.9 Å². The Bertz CT molecular complexity index is 718. The van der Waals surface area contributed by atoms with Crippen molar-refractivity contribution in [3.05, 3.63) is 35.9 Å². The van der Waals surface area contributed by atoms with Crippen molar-refractivity contribution in [3.8, 4) is 23.6 Å². The molecule has 0 unspecified atom stereocenters. The normalized spacial score (nSPS) is 10.1. The van der Waals surface area contributed by atoms with E-state index < -0.39 is 0 Å². The summed E-state index contributed by atoms with van der Waals surface area (Å²) in [5.41, 5.74) is 7.24. The Kier molecular flexibility index (Phi) is 3.58. The van der Waals surface area contributed by atoms with Gasteiger partial charge in [-0.15, -0.1) is 0 Å². The van der Waals surface area contributed by atoms with Crippen LogP contribution in [0.3, 0.4) is 0 Å². The lowest BCUT2D eigenvalue weighted by molar-refractivity contribution is 0.242. The highest BCUT2D eigenvalue weighted by molar-refractivity contribution is 5.55. The van der Waals surface area contributed by atoms with E-state index in [1.165, 1.54) is 10.9 Å². The summed E-state index contributed by atoms with van der Waals surface area (Å²) in [6.07, 6.45) is 1.43. The van der Waals surface area contributed by atoms with Gasteiger partial charge < -0.3 is 10.5 Å². The molecule has 0 aliphatic carbocycles. The molecule has 2 aromatic rings. The van der Waals surface area contributed by atoms with Crippen LogP contribution in [0.1, 0.15) is 25.2 Å². The number of nitrogen functional groups attached to an aromatic ring is 1. The monoisotopic (exact) mass is 267 g/mol. The highest BCUT2D eigenvalue weighted by atomic mass is 16.5. The predicted octanol–water partition coefficient (Wildman–Crippen LogP) is 1.99. The van der Waals surface area contributed by atoms with Gasteiger partial charge in [0.2, 0.25) is 0 Å². The van der Waals surface area contributed by atoms with Gasteiger partial charge in [0.25, 0.3) is 0 Å². The van der Waals surface area contributed by atoms with Crippen molar-refractivity contribution < 1.29 is 4.74 Å². The second kappa shape index (κ2) is 5.33. The molecule has 0 atom stereocenters. The molecule has 1 aromatic heterocycles. The lowest BCUT2D eigenvalue weighted by atomic mass is 10.2. The highest BCUT2D eigenvalue weighted by Gasteiger charge is 2.13. The highest BCUT2D eigenvalue weighted by Crippen LogP contribution is 2.24. The van der Waals surface area contributed by atoms with Gasteiger partial charge in [-0.25, -0.2) is 4.98 Å². The molecule has 1 heterocycles. The Morgan fingerprint density at radius 1 is 1.25 bits per heavy atom. The Hall–Kier alpha value is -2.99. The van der Waals surface area contributed by atoms with Crippen LogP contribution in [0.2, 0.25) is 0 Å². The molecule has 1 aromatic carbocycles. The van der Waals surface area contributed by atoms with Crippen LogP contribution >= 0.6 is 0 Å². The summed E-state index contributed by atoms with van der Waals surface area (Å²) < 4.78 is 7.12. The van der Waals surface area contributed by atoms with Crippen molar-refractivity contribution in [1.29, 1.82) is 10.5 Å². The van der Waals surface area contributed by atoms with Gasteiger partial charge in [-0.1, -0.05) is 0 Å². The first-order valence-electron chi connectivity index (χ1n) is 6.00. The maximum Gasteiger partial charge on any atom is 0.177 e. The van der Waals surface area contributed by atoms with Gasteiger partial charge in [0, 0.05) is 17.8 Å². The fourth-order valence-corrected chi connectivity index (χ4v) is 1.82. The van der Waals surface area contributed by atoms with Gasteiger partial charge in [0.15, 0.2) is 11.4 Å². The number of rotatable bonds is 3. The molecule has 6 heteroatoms. The standard InChI is InChI=1S/C14H13N5O/c1-9(2)20-12-4-10(17)3-11(5-12)19-8-18-13(6-15)14(19)7-16/h3-5,8-9H,17H2,1-2H3. The van der Waals surface area contributed by atoms with E-state index in [0.717, 1.165) is 0 Å². The van der Waals surface area contributed by atoms with Crippen molar-refractivity contribution in [2.75, 3.05) is 5.73 Å². The van der Waals surface area contributed by atoms with E-state index in [1.807, 2.05) is 26.0 Å². The fourth-order valence-electron chi connectivity index (χ4n) is 1.82. The minimum Gasteiger partial charge on any atom is -0.491 e.